The summed E-state index contributed by atoms with van der Waals surface area (Å²) >= 11 is 0. The van der Waals surface area contributed by atoms with Gasteiger partial charge in [-0.05, 0) is 50.4 Å². The second-order valence-electron chi connectivity index (χ2n) is 6.78. The maximum atomic E-state index is 9.10. The Morgan fingerprint density at radius 2 is 1.94 bits per heavy atom. The van der Waals surface area contributed by atoms with Crippen molar-refractivity contribution < 1.29 is 9.84 Å². The molecule has 104 valence electrons. The van der Waals surface area contributed by atoms with Gasteiger partial charge in [-0.3, -0.25) is 0 Å². The van der Waals surface area contributed by atoms with Crippen molar-refractivity contribution >= 4 is 0 Å². The Morgan fingerprint density at radius 1 is 1.17 bits per heavy atom. The van der Waals surface area contributed by atoms with Crippen LogP contribution in [-0.2, 0) is 4.74 Å². The van der Waals surface area contributed by atoms with Gasteiger partial charge < -0.3 is 15.2 Å². The van der Waals surface area contributed by atoms with Crippen molar-refractivity contribution in [2.24, 2.45) is 5.41 Å². The minimum absolute atomic E-state index is 0.226. The lowest BCUT2D eigenvalue weighted by Gasteiger charge is -2.39. The van der Waals surface area contributed by atoms with Gasteiger partial charge >= 0.3 is 0 Å². The summed E-state index contributed by atoms with van der Waals surface area (Å²) in [6.07, 6.45) is 11.2. The summed E-state index contributed by atoms with van der Waals surface area (Å²) < 4.78 is 6.07. The Morgan fingerprint density at radius 3 is 2.61 bits per heavy atom. The van der Waals surface area contributed by atoms with Gasteiger partial charge in [-0.15, -0.1) is 0 Å². The number of nitrogens with one attached hydrogen (secondary N) is 1. The summed E-state index contributed by atoms with van der Waals surface area (Å²) in [5.74, 6) is 0. The molecule has 3 heteroatoms. The Bertz CT molecular complexity index is 282. The fourth-order valence-electron chi connectivity index (χ4n) is 3.86. The third kappa shape index (κ3) is 2.73. The van der Waals surface area contributed by atoms with Gasteiger partial charge in [0.05, 0.1) is 5.60 Å². The van der Waals surface area contributed by atoms with E-state index in [4.69, 9.17) is 9.84 Å². The molecule has 1 aliphatic heterocycles. The quantitative estimate of drug-likeness (QED) is 0.789. The molecule has 3 aliphatic rings. The Labute approximate surface area is 110 Å². The molecule has 2 saturated carbocycles. The lowest BCUT2D eigenvalue weighted by Crippen LogP contribution is -2.47. The van der Waals surface area contributed by atoms with Crippen molar-refractivity contribution in [3.63, 3.8) is 0 Å². The van der Waals surface area contributed by atoms with E-state index in [1.807, 2.05) is 0 Å². The molecule has 1 saturated heterocycles. The van der Waals surface area contributed by atoms with E-state index >= 15 is 0 Å². The third-order valence-electron chi connectivity index (χ3n) is 5.37. The SMILES string of the molecule is OCCC1(CNC2CCOC3(CCCC3)C2)CC1. The second-order valence-corrected chi connectivity index (χ2v) is 6.78. The number of rotatable bonds is 5. The largest absolute Gasteiger partial charge is 0.396 e. The number of hydrogen-bond donors (Lipinski definition) is 2. The van der Waals surface area contributed by atoms with Gasteiger partial charge in [-0.1, -0.05) is 12.8 Å². The van der Waals surface area contributed by atoms with E-state index in [9.17, 15) is 0 Å². The molecule has 1 spiro atoms. The van der Waals surface area contributed by atoms with Gasteiger partial charge in [0.25, 0.3) is 0 Å². The van der Waals surface area contributed by atoms with Crippen LogP contribution in [0.2, 0.25) is 0 Å². The van der Waals surface area contributed by atoms with Crippen LogP contribution in [0.4, 0.5) is 0 Å². The molecule has 2 aliphatic carbocycles. The molecular weight excluding hydrogens is 226 g/mol. The first-order valence-corrected chi connectivity index (χ1v) is 7.74. The summed E-state index contributed by atoms with van der Waals surface area (Å²) in [6, 6.07) is 0.646. The van der Waals surface area contributed by atoms with Gasteiger partial charge in [-0.2, -0.15) is 0 Å². The molecule has 1 heterocycles. The average molecular weight is 253 g/mol. The van der Waals surface area contributed by atoms with Crippen molar-refractivity contribution in [2.75, 3.05) is 19.8 Å². The minimum Gasteiger partial charge on any atom is -0.396 e. The first kappa shape index (κ1) is 12.9. The summed E-state index contributed by atoms with van der Waals surface area (Å²) in [5, 5.41) is 12.9. The van der Waals surface area contributed by atoms with Crippen LogP contribution in [0.15, 0.2) is 0 Å². The molecule has 3 fully saturated rings. The molecule has 18 heavy (non-hydrogen) atoms. The smallest absolute Gasteiger partial charge is 0.0697 e. The maximum Gasteiger partial charge on any atom is 0.0697 e. The topological polar surface area (TPSA) is 41.5 Å². The average Bonchev–Trinajstić information content (AvgIpc) is 3.01. The van der Waals surface area contributed by atoms with Crippen LogP contribution in [0.1, 0.15) is 57.8 Å². The first-order chi connectivity index (χ1) is 8.76. The van der Waals surface area contributed by atoms with Gasteiger partial charge in [0, 0.05) is 25.8 Å². The van der Waals surface area contributed by atoms with E-state index in [0.717, 1.165) is 26.0 Å². The molecule has 3 rings (SSSR count). The highest BCUT2D eigenvalue weighted by Crippen LogP contribution is 2.48. The fraction of sp³-hybridized carbons (Fsp3) is 1.00. The van der Waals surface area contributed by atoms with E-state index in [1.54, 1.807) is 0 Å². The van der Waals surface area contributed by atoms with Gasteiger partial charge in [0.15, 0.2) is 0 Å². The normalized spacial score (nSPS) is 32.8. The van der Waals surface area contributed by atoms with E-state index < -0.39 is 0 Å². The van der Waals surface area contributed by atoms with Gasteiger partial charge in [0.1, 0.15) is 0 Å². The molecule has 0 aromatic heterocycles. The maximum absolute atomic E-state index is 9.10. The highest BCUT2D eigenvalue weighted by atomic mass is 16.5. The van der Waals surface area contributed by atoms with E-state index in [1.165, 1.54) is 44.9 Å². The standard InChI is InChI=1S/C15H27NO2/c17-9-8-14(6-7-14)12-16-13-3-10-18-15(11-13)4-1-2-5-15/h13,16-17H,1-12H2. The molecular formula is C15H27NO2. The lowest BCUT2D eigenvalue weighted by molar-refractivity contribution is -0.0840. The summed E-state index contributed by atoms with van der Waals surface area (Å²) in [7, 11) is 0. The number of ether oxygens (including phenoxy) is 1. The first-order valence-electron chi connectivity index (χ1n) is 7.74. The van der Waals surface area contributed by atoms with Crippen LogP contribution in [0.3, 0.4) is 0 Å². The molecule has 0 aromatic carbocycles. The Hall–Kier alpha value is -0.120. The van der Waals surface area contributed by atoms with Crippen LogP contribution in [0.25, 0.3) is 0 Å². The minimum atomic E-state index is 0.226. The Kier molecular flexibility index (Phi) is 3.65. The van der Waals surface area contributed by atoms with E-state index in [2.05, 4.69) is 5.32 Å². The zero-order chi connectivity index (χ0) is 12.5. The summed E-state index contributed by atoms with van der Waals surface area (Å²) in [5.41, 5.74) is 0.666. The van der Waals surface area contributed by atoms with E-state index in [-0.39, 0.29) is 5.60 Å². The molecule has 1 atom stereocenters. The predicted octanol–water partition coefficient (Wildman–Crippen LogP) is 2.23. The van der Waals surface area contributed by atoms with Gasteiger partial charge in [0.2, 0.25) is 0 Å². The highest BCUT2D eigenvalue weighted by molar-refractivity contribution is 4.98. The monoisotopic (exact) mass is 253 g/mol. The zero-order valence-electron chi connectivity index (χ0n) is 11.4. The molecule has 1 unspecified atom stereocenters. The molecule has 0 radical (unpaired) electrons. The molecule has 0 bridgehead atoms. The molecule has 0 aromatic rings. The Balaban J connectivity index is 1.48. The van der Waals surface area contributed by atoms with Crippen LogP contribution in [-0.4, -0.2) is 36.5 Å². The van der Waals surface area contributed by atoms with Crippen molar-refractivity contribution in [2.45, 2.75) is 69.4 Å². The van der Waals surface area contributed by atoms with Crippen LogP contribution < -0.4 is 5.32 Å². The third-order valence-corrected chi connectivity index (χ3v) is 5.37. The number of aliphatic hydroxyl groups is 1. The van der Waals surface area contributed by atoms with Crippen LogP contribution >= 0.6 is 0 Å². The molecule has 3 nitrogen and oxygen atoms in total. The fourth-order valence-corrected chi connectivity index (χ4v) is 3.86. The van der Waals surface area contributed by atoms with Gasteiger partial charge in [-0.25, -0.2) is 0 Å². The number of aliphatic hydroxyl groups excluding tert-OH is 1. The molecule has 0 amide bonds. The van der Waals surface area contributed by atoms with Crippen LogP contribution in [0, 0.1) is 5.41 Å². The predicted molar refractivity (Wildman–Crippen MR) is 71.5 cm³/mol. The molecule has 2 N–H and O–H groups in total. The summed E-state index contributed by atoms with van der Waals surface area (Å²) in [4.78, 5) is 0. The van der Waals surface area contributed by atoms with Crippen molar-refractivity contribution in [3.8, 4) is 0 Å². The van der Waals surface area contributed by atoms with E-state index in [0.29, 0.717) is 18.1 Å². The zero-order valence-corrected chi connectivity index (χ0v) is 11.4. The van der Waals surface area contributed by atoms with Crippen LogP contribution in [0.5, 0.6) is 0 Å². The highest BCUT2D eigenvalue weighted by Gasteiger charge is 2.44. The summed E-state index contributed by atoms with van der Waals surface area (Å²) in [6.45, 7) is 2.39. The second kappa shape index (κ2) is 5.10. The van der Waals surface area contributed by atoms with Crippen molar-refractivity contribution in [1.29, 1.82) is 0 Å². The number of hydrogen-bond acceptors (Lipinski definition) is 3. The van der Waals surface area contributed by atoms with Crippen molar-refractivity contribution in [3.05, 3.63) is 0 Å². The van der Waals surface area contributed by atoms with Crippen molar-refractivity contribution in [1.82, 2.24) is 5.32 Å². The lowest BCUT2D eigenvalue weighted by atomic mass is 9.88.